The molecule has 0 aliphatic heterocycles. The van der Waals surface area contributed by atoms with E-state index in [1.807, 2.05) is 30.3 Å². The summed E-state index contributed by atoms with van der Waals surface area (Å²) >= 11 is 1.72. The number of fused-ring (bicyclic) bond motifs is 1. The summed E-state index contributed by atoms with van der Waals surface area (Å²) in [6.45, 7) is 4.18. The number of aryl methyl sites for hydroxylation is 2. The molecule has 2 heterocycles. The van der Waals surface area contributed by atoms with Gasteiger partial charge in [-0.05, 0) is 25.1 Å². The van der Waals surface area contributed by atoms with Crippen molar-refractivity contribution >= 4 is 33.1 Å². The van der Waals surface area contributed by atoms with Crippen LogP contribution in [0.4, 0.5) is 11.5 Å². The molecule has 19 heavy (non-hydrogen) atoms. The van der Waals surface area contributed by atoms with Gasteiger partial charge in [0.1, 0.15) is 16.5 Å². The molecule has 0 bridgehead atoms. The second-order valence-corrected chi connectivity index (χ2v) is 5.64. The molecule has 0 radical (unpaired) electrons. The summed E-state index contributed by atoms with van der Waals surface area (Å²) in [7, 11) is 0. The molecular weight excluding hydrogens is 254 g/mol. The first-order chi connectivity index (χ1) is 9.26. The van der Waals surface area contributed by atoms with E-state index in [0.29, 0.717) is 0 Å². The zero-order valence-electron chi connectivity index (χ0n) is 11.0. The van der Waals surface area contributed by atoms with Crippen LogP contribution in [0, 0.1) is 6.92 Å². The zero-order valence-corrected chi connectivity index (χ0v) is 11.8. The van der Waals surface area contributed by atoms with Crippen LogP contribution in [0.25, 0.3) is 10.2 Å². The van der Waals surface area contributed by atoms with Crippen LogP contribution >= 0.6 is 11.3 Å². The summed E-state index contributed by atoms with van der Waals surface area (Å²) in [4.78, 5) is 11.5. The van der Waals surface area contributed by atoms with E-state index in [0.717, 1.165) is 34.0 Å². The predicted molar refractivity (Wildman–Crippen MR) is 81.3 cm³/mol. The molecule has 3 rings (SSSR count). The van der Waals surface area contributed by atoms with Crippen molar-refractivity contribution in [3.8, 4) is 0 Å². The largest absolute Gasteiger partial charge is 0.340 e. The highest BCUT2D eigenvalue weighted by Crippen LogP contribution is 2.30. The van der Waals surface area contributed by atoms with Gasteiger partial charge in [-0.3, -0.25) is 0 Å². The minimum absolute atomic E-state index is 0.844. The Labute approximate surface area is 116 Å². The van der Waals surface area contributed by atoms with Crippen molar-refractivity contribution < 1.29 is 0 Å². The lowest BCUT2D eigenvalue weighted by atomic mass is 10.3. The minimum atomic E-state index is 0.844. The number of nitrogens with one attached hydrogen (secondary N) is 1. The molecule has 0 unspecified atom stereocenters. The first kappa shape index (κ1) is 12.1. The van der Waals surface area contributed by atoms with Crippen molar-refractivity contribution in [2.45, 2.75) is 20.3 Å². The number of hydrogen-bond donors (Lipinski definition) is 1. The molecule has 96 valence electrons. The summed E-state index contributed by atoms with van der Waals surface area (Å²) in [5.74, 6) is 1.78. The van der Waals surface area contributed by atoms with Crippen molar-refractivity contribution in [2.75, 3.05) is 5.32 Å². The number of hydrogen-bond acceptors (Lipinski definition) is 4. The summed E-state index contributed by atoms with van der Waals surface area (Å²) in [5.41, 5.74) is 1.05. The third-order valence-electron chi connectivity index (χ3n) is 2.92. The number of anilines is 2. The fourth-order valence-corrected chi connectivity index (χ4v) is 2.90. The number of nitrogens with zero attached hydrogens (tertiary/aromatic N) is 2. The number of benzene rings is 1. The van der Waals surface area contributed by atoms with E-state index in [4.69, 9.17) is 0 Å². The van der Waals surface area contributed by atoms with Gasteiger partial charge in [-0.1, -0.05) is 25.1 Å². The smallest absolute Gasteiger partial charge is 0.142 e. The topological polar surface area (TPSA) is 37.8 Å². The number of thiophene rings is 1. The summed E-state index contributed by atoms with van der Waals surface area (Å²) in [6, 6.07) is 12.3. The fraction of sp³-hybridized carbons (Fsp3) is 0.200. The quantitative estimate of drug-likeness (QED) is 0.770. The van der Waals surface area contributed by atoms with Crippen molar-refractivity contribution in [3.05, 3.63) is 47.1 Å². The molecule has 3 aromatic rings. The van der Waals surface area contributed by atoms with Crippen LogP contribution in [0.2, 0.25) is 0 Å². The van der Waals surface area contributed by atoms with E-state index in [1.54, 1.807) is 11.3 Å². The maximum Gasteiger partial charge on any atom is 0.142 e. The predicted octanol–water partition coefficient (Wildman–Crippen LogP) is 4.31. The van der Waals surface area contributed by atoms with Gasteiger partial charge in [0.25, 0.3) is 0 Å². The number of aromatic nitrogens is 2. The van der Waals surface area contributed by atoms with Crippen LogP contribution in [-0.4, -0.2) is 9.97 Å². The highest BCUT2D eigenvalue weighted by atomic mass is 32.1. The standard InChI is InChI=1S/C15H15N3S/c1-3-13-17-14(16-11-7-5-4-6-8-11)12-9-10(2)19-15(12)18-13/h4-9H,3H2,1-2H3,(H,16,17,18). The number of para-hydroxylation sites is 1. The Hall–Kier alpha value is -1.94. The van der Waals surface area contributed by atoms with Gasteiger partial charge in [-0.25, -0.2) is 9.97 Å². The van der Waals surface area contributed by atoms with Gasteiger partial charge in [-0.15, -0.1) is 11.3 Å². The van der Waals surface area contributed by atoms with Crippen LogP contribution in [0.15, 0.2) is 36.4 Å². The van der Waals surface area contributed by atoms with E-state index >= 15 is 0 Å². The van der Waals surface area contributed by atoms with Crippen LogP contribution in [-0.2, 0) is 6.42 Å². The Morgan fingerprint density at radius 3 is 2.68 bits per heavy atom. The maximum atomic E-state index is 4.61. The third kappa shape index (κ3) is 2.44. The number of rotatable bonds is 3. The lowest BCUT2D eigenvalue weighted by Crippen LogP contribution is -1.99. The molecule has 0 saturated heterocycles. The van der Waals surface area contributed by atoms with E-state index < -0.39 is 0 Å². The van der Waals surface area contributed by atoms with Gasteiger partial charge in [0, 0.05) is 17.0 Å². The van der Waals surface area contributed by atoms with Crippen molar-refractivity contribution in [1.29, 1.82) is 0 Å². The lowest BCUT2D eigenvalue weighted by Gasteiger charge is -2.07. The zero-order chi connectivity index (χ0) is 13.2. The Bertz CT molecular complexity index is 704. The highest BCUT2D eigenvalue weighted by Gasteiger charge is 2.09. The molecule has 0 atom stereocenters. The fourth-order valence-electron chi connectivity index (χ4n) is 2.00. The molecule has 0 aliphatic carbocycles. The Kier molecular flexibility index (Phi) is 3.17. The van der Waals surface area contributed by atoms with Crippen LogP contribution in [0.1, 0.15) is 17.6 Å². The second-order valence-electron chi connectivity index (χ2n) is 4.41. The molecule has 0 amide bonds. The van der Waals surface area contributed by atoms with Gasteiger partial charge < -0.3 is 5.32 Å². The lowest BCUT2D eigenvalue weighted by molar-refractivity contribution is 0.967. The first-order valence-corrected chi connectivity index (χ1v) is 7.17. The van der Waals surface area contributed by atoms with Crippen molar-refractivity contribution in [1.82, 2.24) is 9.97 Å². The monoisotopic (exact) mass is 269 g/mol. The van der Waals surface area contributed by atoms with Crippen LogP contribution in [0.3, 0.4) is 0 Å². The molecular formula is C15H15N3S. The van der Waals surface area contributed by atoms with Gasteiger partial charge in [0.05, 0.1) is 5.39 Å². The maximum absolute atomic E-state index is 4.61. The van der Waals surface area contributed by atoms with Crippen molar-refractivity contribution in [3.63, 3.8) is 0 Å². The average molecular weight is 269 g/mol. The third-order valence-corrected chi connectivity index (χ3v) is 3.86. The second kappa shape index (κ2) is 4.97. The summed E-state index contributed by atoms with van der Waals surface area (Å²) in [5, 5.41) is 4.49. The minimum Gasteiger partial charge on any atom is -0.340 e. The molecule has 3 nitrogen and oxygen atoms in total. The first-order valence-electron chi connectivity index (χ1n) is 6.35. The van der Waals surface area contributed by atoms with Gasteiger partial charge in [0.2, 0.25) is 0 Å². The van der Waals surface area contributed by atoms with E-state index in [-0.39, 0.29) is 0 Å². The molecule has 2 aromatic heterocycles. The van der Waals surface area contributed by atoms with Crippen molar-refractivity contribution in [2.24, 2.45) is 0 Å². The van der Waals surface area contributed by atoms with Crippen LogP contribution in [0.5, 0.6) is 0 Å². The Morgan fingerprint density at radius 2 is 1.95 bits per heavy atom. The average Bonchev–Trinajstić information content (AvgIpc) is 2.80. The normalized spacial score (nSPS) is 10.8. The Balaban J connectivity index is 2.10. The summed E-state index contributed by atoms with van der Waals surface area (Å²) < 4.78 is 0. The highest BCUT2D eigenvalue weighted by molar-refractivity contribution is 7.18. The SMILES string of the molecule is CCc1nc(Nc2ccccc2)c2cc(C)sc2n1. The molecule has 0 aliphatic rings. The molecule has 1 aromatic carbocycles. The Morgan fingerprint density at radius 1 is 1.16 bits per heavy atom. The van der Waals surface area contributed by atoms with Gasteiger partial charge in [-0.2, -0.15) is 0 Å². The summed E-state index contributed by atoms with van der Waals surface area (Å²) in [6.07, 6.45) is 0.844. The van der Waals surface area contributed by atoms with E-state index in [9.17, 15) is 0 Å². The molecule has 0 spiro atoms. The van der Waals surface area contributed by atoms with E-state index in [1.165, 1.54) is 4.88 Å². The molecule has 4 heteroatoms. The molecule has 0 fully saturated rings. The van der Waals surface area contributed by atoms with Gasteiger partial charge in [0.15, 0.2) is 0 Å². The van der Waals surface area contributed by atoms with Crippen LogP contribution < -0.4 is 5.32 Å². The molecule has 1 N–H and O–H groups in total. The molecule has 0 saturated carbocycles. The van der Waals surface area contributed by atoms with Gasteiger partial charge >= 0.3 is 0 Å². The van der Waals surface area contributed by atoms with E-state index in [2.05, 4.69) is 35.2 Å².